The lowest BCUT2D eigenvalue weighted by atomic mass is 10.0. The van der Waals surface area contributed by atoms with Crippen molar-refractivity contribution in [3.63, 3.8) is 0 Å². The molecule has 258 valence electrons. The Morgan fingerprint density at radius 3 is 1.60 bits per heavy atom. The summed E-state index contributed by atoms with van der Waals surface area (Å²) in [5.74, 6) is -6.86. The third-order valence-corrected chi connectivity index (χ3v) is 7.62. The lowest BCUT2D eigenvalue weighted by Gasteiger charge is -2.33. The van der Waals surface area contributed by atoms with Gasteiger partial charge in [-0.05, 0) is 16.7 Å². The molecule has 47 heavy (non-hydrogen) atoms. The van der Waals surface area contributed by atoms with Crippen LogP contribution < -0.4 is 0 Å². The Morgan fingerprint density at radius 1 is 0.617 bits per heavy atom. The van der Waals surface area contributed by atoms with Crippen molar-refractivity contribution in [2.45, 2.75) is 12.5 Å². The fraction of sp³-hybridized carbons (Fsp3) is 0.414. The van der Waals surface area contributed by atoms with Crippen molar-refractivity contribution in [2.75, 3.05) is 65.6 Å². The zero-order valence-corrected chi connectivity index (χ0v) is 26.2. The molecule has 18 heteroatoms. The second-order valence-corrected chi connectivity index (χ2v) is 11.9. The van der Waals surface area contributed by atoms with Crippen LogP contribution in [-0.4, -0.2) is 151 Å². The minimum Gasteiger partial charge on any atom is -0.480 e. The first-order valence-corrected chi connectivity index (χ1v) is 15.7. The Balaban J connectivity index is 2.13. The minimum atomic E-state index is -4.53. The van der Waals surface area contributed by atoms with Gasteiger partial charge in [0.25, 0.3) is 0 Å². The van der Waals surface area contributed by atoms with Crippen LogP contribution in [0.25, 0.3) is 11.1 Å². The highest BCUT2D eigenvalue weighted by atomic mass is 31.2. The van der Waals surface area contributed by atoms with E-state index in [1.807, 2.05) is 54.6 Å². The summed E-state index contributed by atoms with van der Waals surface area (Å²) in [7, 11) is -4.53. The van der Waals surface area contributed by atoms with E-state index in [-0.39, 0.29) is 26.1 Å². The summed E-state index contributed by atoms with van der Waals surface area (Å²) in [5.41, 5.74) is 2.82. The van der Waals surface area contributed by atoms with Crippen LogP contribution in [-0.2, 0) is 39.4 Å². The average Bonchev–Trinajstić information content (AvgIpc) is 2.97. The molecule has 1 unspecified atom stereocenters. The van der Waals surface area contributed by atoms with Gasteiger partial charge in [0.15, 0.2) is 0 Å². The van der Waals surface area contributed by atoms with Gasteiger partial charge in [-0.25, -0.2) is 0 Å². The highest BCUT2D eigenvalue weighted by Crippen LogP contribution is 2.52. The van der Waals surface area contributed by atoms with Crippen LogP contribution in [0.15, 0.2) is 54.6 Å². The van der Waals surface area contributed by atoms with Gasteiger partial charge in [-0.2, -0.15) is 18.8 Å². The lowest BCUT2D eigenvalue weighted by Crippen LogP contribution is -2.52. The van der Waals surface area contributed by atoms with Crippen LogP contribution in [0.2, 0.25) is 0 Å². The highest BCUT2D eigenvalue weighted by Gasteiger charge is 2.41. The van der Waals surface area contributed by atoms with Gasteiger partial charge in [-0.1, -0.05) is 54.6 Å². The van der Waals surface area contributed by atoms with Gasteiger partial charge in [-0.3, -0.25) is 38.7 Å². The summed E-state index contributed by atoms with van der Waals surface area (Å²) in [6, 6.07) is 15.9. The third kappa shape index (κ3) is 16.4. The Morgan fingerprint density at radius 2 is 1.09 bits per heavy atom. The number of carboxylic acids is 5. The van der Waals surface area contributed by atoms with E-state index < -0.39 is 89.9 Å². The predicted octanol–water partition coefficient (Wildman–Crippen LogP) is 0.289. The maximum Gasteiger partial charge on any atom is 0.570 e. The molecular formula is C29H39N3O14P+. The van der Waals surface area contributed by atoms with E-state index in [2.05, 4.69) is 0 Å². The van der Waals surface area contributed by atoms with Crippen molar-refractivity contribution in [2.24, 2.45) is 0 Å². The number of hydrogen-bond acceptors (Lipinski definition) is 12. The van der Waals surface area contributed by atoms with Gasteiger partial charge in [0.1, 0.15) is 13.2 Å². The number of nitrogens with zero attached hydrogens (tertiary/aromatic N) is 3. The maximum atomic E-state index is 11.6. The van der Waals surface area contributed by atoms with Crippen molar-refractivity contribution >= 4 is 38.0 Å². The molecule has 1 atom stereocenters. The molecule has 0 fully saturated rings. The smallest absolute Gasteiger partial charge is 0.480 e. The molecular weight excluding hydrogens is 645 g/mol. The zero-order chi connectivity index (χ0) is 35.0. The van der Waals surface area contributed by atoms with Gasteiger partial charge in [0, 0.05) is 26.1 Å². The second kappa shape index (κ2) is 19.6. The van der Waals surface area contributed by atoms with Gasteiger partial charge >= 0.3 is 38.0 Å². The largest absolute Gasteiger partial charge is 0.570 e. The summed E-state index contributed by atoms with van der Waals surface area (Å²) in [6.45, 7) is -5.43. The first-order chi connectivity index (χ1) is 22.1. The molecule has 0 amide bonds. The van der Waals surface area contributed by atoms with Crippen molar-refractivity contribution in [1.29, 1.82) is 0 Å². The number of rotatable bonds is 24. The SMILES string of the molecule is O=C(O)CN(CCN(CC(=O)O)CC(CO[P+](O)(O)OCCc1ccc(-c2ccccc2)cc1)N(CC(=O)O)CC(=O)O)CC(=O)O. The van der Waals surface area contributed by atoms with E-state index in [0.717, 1.165) is 26.5 Å². The zero-order valence-electron chi connectivity index (χ0n) is 25.3. The van der Waals surface area contributed by atoms with E-state index in [1.165, 1.54) is 4.90 Å². The van der Waals surface area contributed by atoms with Crippen molar-refractivity contribution in [3.05, 3.63) is 60.2 Å². The molecule has 0 aliphatic heterocycles. The summed E-state index contributed by atoms with van der Waals surface area (Å²) in [6.07, 6.45) is 0.268. The van der Waals surface area contributed by atoms with Gasteiger partial charge in [-0.15, -0.1) is 0 Å². The number of hydrogen-bond donors (Lipinski definition) is 7. The summed E-state index contributed by atoms with van der Waals surface area (Å²) >= 11 is 0. The molecule has 0 spiro atoms. The quantitative estimate of drug-likeness (QED) is 0.0733. The first kappa shape index (κ1) is 39.1. The fourth-order valence-electron chi connectivity index (χ4n) is 4.54. The summed E-state index contributed by atoms with van der Waals surface area (Å²) in [4.78, 5) is 81.0. The molecule has 0 aliphatic rings. The van der Waals surface area contributed by atoms with Crippen molar-refractivity contribution in [3.8, 4) is 11.1 Å². The van der Waals surface area contributed by atoms with E-state index in [4.69, 9.17) is 19.3 Å². The Kier molecular flexibility index (Phi) is 16.3. The monoisotopic (exact) mass is 684 g/mol. The topological polar surface area (TPSA) is 255 Å². The molecule has 0 radical (unpaired) electrons. The molecule has 0 aromatic heterocycles. The van der Waals surface area contributed by atoms with Gasteiger partial charge in [0.2, 0.25) is 0 Å². The summed E-state index contributed by atoms with van der Waals surface area (Å²) in [5, 5.41) is 46.4. The van der Waals surface area contributed by atoms with E-state index in [9.17, 15) is 49.1 Å². The maximum absolute atomic E-state index is 11.6. The molecule has 2 aromatic rings. The van der Waals surface area contributed by atoms with E-state index >= 15 is 0 Å². The number of carbonyl (C=O) groups is 5. The molecule has 0 heterocycles. The minimum absolute atomic E-state index is 0.182. The van der Waals surface area contributed by atoms with Crippen LogP contribution >= 0.6 is 8.17 Å². The molecule has 2 aromatic carbocycles. The number of carboxylic acid groups (broad SMARTS) is 5. The highest BCUT2D eigenvalue weighted by molar-refractivity contribution is 7.54. The van der Waals surface area contributed by atoms with Crippen molar-refractivity contribution < 1.29 is 68.3 Å². The normalized spacial score (nSPS) is 12.4. The van der Waals surface area contributed by atoms with Crippen LogP contribution in [0.3, 0.4) is 0 Å². The molecule has 0 bridgehead atoms. The lowest BCUT2D eigenvalue weighted by molar-refractivity contribution is -0.145. The first-order valence-electron chi connectivity index (χ1n) is 14.2. The molecule has 0 saturated heterocycles. The Bertz CT molecular complexity index is 1300. The molecule has 17 nitrogen and oxygen atoms in total. The molecule has 2 rings (SSSR count). The second-order valence-electron chi connectivity index (χ2n) is 10.4. The van der Waals surface area contributed by atoms with Gasteiger partial charge < -0.3 is 25.5 Å². The van der Waals surface area contributed by atoms with E-state index in [0.29, 0.717) is 0 Å². The number of aliphatic carboxylic acids is 5. The van der Waals surface area contributed by atoms with Gasteiger partial charge in [0.05, 0.1) is 38.8 Å². The molecule has 0 aliphatic carbocycles. The fourth-order valence-corrected chi connectivity index (χ4v) is 5.31. The summed E-state index contributed by atoms with van der Waals surface area (Å²) < 4.78 is 10.4. The standard InChI is InChI=1S/C29H38N3O14P/c33-25(34)15-30(11-12-31(16-26(35)36)17-27(37)38)14-24(32(18-28(39)40)19-29(41)42)20-46-47(43,44)45-13-10-21-6-8-23(9-7-21)22-4-2-1-3-5-22/h1-9,24,43-44H,10-20H2,(H4-,33,34,35,36,37,38,39,40,41,42)/p+1. The molecule has 0 saturated carbocycles. The van der Waals surface area contributed by atoms with Crippen LogP contribution in [0.4, 0.5) is 0 Å². The van der Waals surface area contributed by atoms with E-state index in [1.54, 1.807) is 0 Å². The third-order valence-electron chi connectivity index (χ3n) is 6.62. The van der Waals surface area contributed by atoms with Crippen LogP contribution in [0, 0.1) is 0 Å². The molecule has 7 N–H and O–H groups in total. The Hall–Kier alpha value is -4.06. The number of benzene rings is 2. The Labute approximate surface area is 270 Å². The predicted molar refractivity (Wildman–Crippen MR) is 165 cm³/mol. The average molecular weight is 685 g/mol. The van der Waals surface area contributed by atoms with Crippen molar-refractivity contribution in [1.82, 2.24) is 14.7 Å². The van der Waals surface area contributed by atoms with Crippen LogP contribution in [0.5, 0.6) is 0 Å². The van der Waals surface area contributed by atoms with Crippen LogP contribution in [0.1, 0.15) is 5.56 Å².